The third-order valence-corrected chi connectivity index (χ3v) is 3.32. The highest BCUT2D eigenvalue weighted by atomic mass is 15.1. The summed E-state index contributed by atoms with van der Waals surface area (Å²) in [7, 11) is 1.89. The molecule has 106 valence electrons. The van der Waals surface area contributed by atoms with Crippen LogP contribution in [0.4, 0.5) is 17.3 Å². The first-order valence-electron chi connectivity index (χ1n) is 7.01. The van der Waals surface area contributed by atoms with E-state index in [1.165, 1.54) is 11.1 Å². The molecule has 0 unspecified atom stereocenters. The number of nitrogens with one attached hydrogen (secondary N) is 2. The van der Waals surface area contributed by atoms with Gasteiger partial charge in [-0.15, -0.1) is 0 Å². The molecule has 2 rings (SSSR count). The number of aryl methyl sites for hydroxylation is 2. The van der Waals surface area contributed by atoms with E-state index in [1.54, 1.807) is 6.33 Å². The van der Waals surface area contributed by atoms with Gasteiger partial charge in [0, 0.05) is 18.3 Å². The number of benzene rings is 1. The molecule has 4 heteroatoms. The molecule has 0 saturated heterocycles. The monoisotopic (exact) mass is 270 g/mol. The normalized spacial score (nSPS) is 10.4. The van der Waals surface area contributed by atoms with Gasteiger partial charge < -0.3 is 10.6 Å². The van der Waals surface area contributed by atoms with Crippen LogP contribution in [0.5, 0.6) is 0 Å². The first kappa shape index (κ1) is 14.3. The van der Waals surface area contributed by atoms with E-state index in [0.717, 1.165) is 35.7 Å². The van der Waals surface area contributed by atoms with Gasteiger partial charge in [0.25, 0.3) is 0 Å². The third-order valence-electron chi connectivity index (χ3n) is 3.32. The van der Waals surface area contributed by atoms with E-state index in [2.05, 4.69) is 59.6 Å². The van der Waals surface area contributed by atoms with Crippen LogP contribution in [-0.4, -0.2) is 17.0 Å². The summed E-state index contributed by atoms with van der Waals surface area (Å²) in [4.78, 5) is 8.69. The van der Waals surface area contributed by atoms with Crippen LogP contribution < -0.4 is 10.6 Å². The summed E-state index contributed by atoms with van der Waals surface area (Å²) in [6, 6.07) is 6.37. The summed E-state index contributed by atoms with van der Waals surface area (Å²) in [6.45, 7) is 6.37. The number of anilines is 3. The summed E-state index contributed by atoms with van der Waals surface area (Å²) >= 11 is 0. The van der Waals surface area contributed by atoms with Gasteiger partial charge in [0.15, 0.2) is 0 Å². The summed E-state index contributed by atoms with van der Waals surface area (Å²) < 4.78 is 0. The van der Waals surface area contributed by atoms with Crippen molar-refractivity contribution in [1.29, 1.82) is 0 Å². The van der Waals surface area contributed by atoms with E-state index < -0.39 is 0 Å². The Balaban J connectivity index is 2.37. The van der Waals surface area contributed by atoms with Gasteiger partial charge in [-0.1, -0.05) is 31.0 Å². The maximum atomic E-state index is 4.40. The van der Waals surface area contributed by atoms with Gasteiger partial charge in [0.2, 0.25) is 0 Å². The van der Waals surface area contributed by atoms with Crippen molar-refractivity contribution in [3.8, 4) is 0 Å². The number of aromatic nitrogens is 2. The lowest BCUT2D eigenvalue weighted by molar-refractivity contribution is 0.905. The smallest absolute Gasteiger partial charge is 0.139 e. The van der Waals surface area contributed by atoms with E-state index in [-0.39, 0.29) is 0 Å². The number of hydrogen-bond donors (Lipinski definition) is 2. The lowest BCUT2D eigenvalue weighted by Gasteiger charge is -2.15. The van der Waals surface area contributed by atoms with Gasteiger partial charge >= 0.3 is 0 Å². The topological polar surface area (TPSA) is 49.8 Å². The van der Waals surface area contributed by atoms with Gasteiger partial charge in [-0.25, -0.2) is 9.97 Å². The molecule has 20 heavy (non-hydrogen) atoms. The molecule has 1 aromatic carbocycles. The summed E-state index contributed by atoms with van der Waals surface area (Å²) in [5.74, 6) is 1.78. The van der Waals surface area contributed by atoms with Gasteiger partial charge in [-0.3, -0.25) is 0 Å². The molecule has 0 radical (unpaired) electrons. The summed E-state index contributed by atoms with van der Waals surface area (Å²) in [5.41, 5.74) is 4.71. The second-order valence-corrected chi connectivity index (χ2v) is 4.99. The lowest BCUT2D eigenvalue weighted by Crippen LogP contribution is -2.06. The average molecular weight is 270 g/mol. The minimum absolute atomic E-state index is 0.887. The van der Waals surface area contributed by atoms with E-state index in [4.69, 9.17) is 0 Å². The van der Waals surface area contributed by atoms with Crippen molar-refractivity contribution in [3.63, 3.8) is 0 Å². The number of rotatable bonds is 5. The SMILES string of the molecule is CCCc1c(NC)ncnc1Nc1ccc(C)cc1C. The number of hydrogen-bond acceptors (Lipinski definition) is 4. The molecule has 0 aliphatic rings. The molecule has 0 bridgehead atoms. The molecule has 1 aromatic heterocycles. The zero-order chi connectivity index (χ0) is 14.5. The van der Waals surface area contributed by atoms with Gasteiger partial charge in [0.1, 0.15) is 18.0 Å². The minimum atomic E-state index is 0.887. The van der Waals surface area contributed by atoms with Crippen molar-refractivity contribution in [2.45, 2.75) is 33.6 Å². The minimum Gasteiger partial charge on any atom is -0.373 e. The molecule has 2 N–H and O–H groups in total. The Labute approximate surface area is 120 Å². The largest absolute Gasteiger partial charge is 0.373 e. The highest BCUT2D eigenvalue weighted by Crippen LogP contribution is 2.26. The Kier molecular flexibility index (Phi) is 4.56. The highest BCUT2D eigenvalue weighted by Gasteiger charge is 2.10. The molecule has 0 fully saturated rings. The third kappa shape index (κ3) is 3.07. The van der Waals surface area contributed by atoms with Crippen LogP contribution in [-0.2, 0) is 6.42 Å². The Morgan fingerprint density at radius 1 is 1.10 bits per heavy atom. The molecular formula is C16H22N4. The van der Waals surface area contributed by atoms with E-state index in [9.17, 15) is 0 Å². The first-order chi connectivity index (χ1) is 9.65. The lowest BCUT2D eigenvalue weighted by atomic mass is 10.1. The van der Waals surface area contributed by atoms with Crippen molar-refractivity contribution < 1.29 is 0 Å². The Bertz CT molecular complexity index is 593. The molecule has 0 aliphatic carbocycles. The molecular weight excluding hydrogens is 248 g/mol. The fourth-order valence-electron chi connectivity index (χ4n) is 2.30. The Morgan fingerprint density at radius 3 is 2.50 bits per heavy atom. The van der Waals surface area contributed by atoms with Gasteiger partial charge in [0.05, 0.1) is 0 Å². The summed E-state index contributed by atoms with van der Waals surface area (Å²) in [6.07, 6.45) is 3.60. The zero-order valence-corrected chi connectivity index (χ0v) is 12.6. The second-order valence-electron chi connectivity index (χ2n) is 4.99. The Morgan fingerprint density at radius 2 is 1.85 bits per heavy atom. The van der Waals surface area contributed by atoms with Crippen molar-refractivity contribution in [2.75, 3.05) is 17.7 Å². The molecule has 0 aliphatic heterocycles. The maximum absolute atomic E-state index is 4.40. The second kappa shape index (κ2) is 6.37. The van der Waals surface area contributed by atoms with Gasteiger partial charge in [-0.2, -0.15) is 0 Å². The van der Waals surface area contributed by atoms with E-state index >= 15 is 0 Å². The zero-order valence-electron chi connectivity index (χ0n) is 12.6. The standard InChI is InChI=1S/C16H22N4/c1-5-6-13-15(17-4)18-10-19-16(13)20-14-8-7-11(2)9-12(14)3/h7-10H,5-6H2,1-4H3,(H2,17,18,19,20). The summed E-state index contributed by atoms with van der Waals surface area (Å²) in [5, 5.41) is 6.58. The van der Waals surface area contributed by atoms with Crippen LogP contribution in [0.15, 0.2) is 24.5 Å². The molecule has 0 amide bonds. The predicted molar refractivity (Wildman–Crippen MR) is 84.8 cm³/mol. The molecule has 0 saturated carbocycles. The fourth-order valence-corrected chi connectivity index (χ4v) is 2.30. The van der Waals surface area contributed by atoms with Crippen molar-refractivity contribution in [3.05, 3.63) is 41.2 Å². The molecule has 0 spiro atoms. The number of nitrogens with zero attached hydrogens (tertiary/aromatic N) is 2. The molecule has 1 heterocycles. The van der Waals surface area contributed by atoms with E-state index in [1.807, 2.05) is 7.05 Å². The maximum Gasteiger partial charge on any atom is 0.139 e. The van der Waals surface area contributed by atoms with Crippen LogP contribution in [0, 0.1) is 13.8 Å². The Hall–Kier alpha value is -2.10. The van der Waals surface area contributed by atoms with Crippen LogP contribution in [0.2, 0.25) is 0 Å². The van der Waals surface area contributed by atoms with Crippen LogP contribution >= 0.6 is 0 Å². The van der Waals surface area contributed by atoms with Crippen molar-refractivity contribution in [2.24, 2.45) is 0 Å². The highest BCUT2D eigenvalue weighted by molar-refractivity contribution is 5.67. The molecule has 0 atom stereocenters. The first-order valence-corrected chi connectivity index (χ1v) is 7.01. The van der Waals surface area contributed by atoms with E-state index in [0.29, 0.717) is 0 Å². The van der Waals surface area contributed by atoms with Gasteiger partial charge in [-0.05, 0) is 31.9 Å². The van der Waals surface area contributed by atoms with Crippen molar-refractivity contribution in [1.82, 2.24) is 9.97 Å². The quantitative estimate of drug-likeness (QED) is 0.867. The average Bonchev–Trinajstić information content (AvgIpc) is 2.43. The fraction of sp³-hybridized carbons (Fsp3) is 0.375. The molecule has 4 nitrogen and oxygen atoms in total. The van der Waals surface area contributed by atoms with Crippen LogP contribution in [0.3, 0.4) is 0 Å². The predicted octanol–water partition coefficient (Wildman–Crippen LogP) is 3.83. The molecule has 2 aromatic rings. The van der Waals surface area contributed by atoms with Crippen LogP contribution in [0.1, 0.15) is 30.0 Å². The van der Waals surface area contributed by atoms with Crippen LogP contribution in [0.25, 0.3) is 0 Å². The van der Waals surface area contributed by atoms with Crippen molar-refractivity contribution >= 4 is 17.3 Å².